The van der Waals surface area contributed by atoms with Gasteiger partial charge >= 0.3 is 0 Å². The Labute approximate surface area is 128 Å². The molecule has 0 radical (unpaired) electrons. The van der Waals surface area contributed by atoms with Gasteiger partial charge in [-0.05, 0) is 48.4 Å². The Bertz CT molecular complexity index is 557. The van der Waals surface area contributed by atoms with Gasteiger partial charge in [0.25, 0.3) is 0 Å². The Balaban J connectivity index is 1.88. The molecule has 0 aromatic heterocycles. The first kappa shape index (κ1) is 14.3. The van der Waals surface area contributed by atoms with E-state index in [0.717, 1.165) is 18.9 Å². The van der Waals surface area contributed by atoms with Gasteiger partial charge in [-0.2, -0.15) is 0 Å². The zero-order valence-corrected chi connectivity index (χ0v) is 12.9. The quantitative estimate of drug-likeness (QED) is 0.781. The fourth-order valence-corrected chi connectivity index (χ4v) is 3.10. The van der Waals surface area contributed by atoms with Gasteiger partial charge in [0.2, 0.25) is 0 Å². The summed E-state index contributed by atoms with van der Waals surface area (Å²) in [6, 6.07) is 20.3. The van der Waals surface area contributed by atoms with Crippen LogP contribution in [0, 0.1) is 0 Å². The van der Waals surface area contributed by atoms with Gasteiger partial charge in [0.1, 0.15) is 0 Å². The SMILES string of the molecule is CCCNC(c1ccccc1)c1cccc(C2CCC2)c1. The third kappa shape index (κ3) is 3.36. The van der Waals surface area contributed by atoms with E-state index in [0.29, 0.717) is 6.04 Å². The highest BCUT2D eigenvalue weighted by atomic mass is 14.9. The lowest BCUT2D eigenvalue weighted by Crippen LogP contribution is -2.23. The fourth-order valence-electron chi connectivity index (χ4n) is 3.10. The predicted octanol–water partition coefficient (Wildman–Crippen LogP) is 5.04. The number of rotatable bonds is 6. The second-order valence-corrected chi connectivity index (χ2v) is 6.10. The van der Waals surface area contributed by atoms with Gasteiger partial charge in [0, 0.05) is 0 Å². The highest BCUT2D eigenvalue weighted by molar-refractivity contribution is 5.36. The summed E-state index contributed by atoms with van der Waals surface area (Å²) in [5.41, 5.74) is 4.29. The number of benzene rings is 2. The van der Waals surface area contributed by atoms with Gasteiger partial charge in [-0.1, -0.05) is 67.9 Å². The topological polar surface area (TPSA) is 12.0 Å². The fraction of sp³-hybridized carbons (Fsp3) is 0.400. The smallest absolute Gasteiger partial charge is 0.0576 e. The molecule has 21 heavy (non-hydrogen) atoms. The first-order valence-corrected chi connectivity index (χ1v) is 8.26. The Morgan fingerprint density at radius 2 is 1.76 bits per heavy atom. The van der Waals surface area contributed by atoms with Crippen molar-refractivity contribution in [3.63, 3.8) is 0 Å². The molecule has 0 aliphatic heterocycles. The average Bonchev–Trinajstić information content (AvgIpc) is 2.47. The molecule has 0 amide bonds. The van der Waals surface area contributed by atoms with Crippen LogP contribution in [0.25, 0.3) is 0 Å². The Kier molecular flexibility index (Phi) is 4.72. The molecule has 2 aromatic carbocycles. The third-order valence-corrected chi connectivity index (χ3v) is 4.55. The second kappa shape index (κ2) is 6.91. The molecule has 1 fully saturated rings. The van der Waals surface area contributed by atoms with Crippen LogP contribution in [0.1, 0.15) is 61.3 Å². The van der Waals surface area contributed by atoms with Crippen LogP contribution < -0.4 is 5.32 Å². The molecule has 1 heteroatoms. The first-order chi connectivity index (χ1) is 10.4. The maximum atomic E-state index is 3.70. The van der Waals surface area contributed by atoms with Crippen molar-refractivity contribution in [1.29, 1.82) is 0 Å². The van der Waals surface area contributed by atoms with Crippen molar-refractivity contribution in [3.05, 3.63) is 71.3 Å². The molecule has 110 valence electrons. The summed E-state index contributed by atoms with van der Waals surface area (Å²) in [6.45, 7) is 3.27. The van der Waals surface area contributed by atoms with Crippen molar-refractivity contribution < 1.29 is 0 Å². The molecule has 1 aliphatic carbocycles. The summed E-state index contributed by atoms with van der Waals surface area (Å²) in [5.74, 6) is 0.799. The van der Waals surface area contributed by atoms with Gasteiger partial charge in [-0.15, -0.1) is 0 Å². The zero-order valence-electron chi connectivity index (χ0n) is 12.9. The normalized spacial score (nSPS) is 16.4. The molecule has 1 unspecified atom stereocenters. The van der Waals surface area contributed by atoms with E-state index in [2.05, 4.69) is 66.8 Å². The summed E-state index contributed by atoms with van der Waals surface area (Å²) in [4.78, 5) is 0. The molecule has 0 saturated heterocycles. The van der Waals surface area contributed by atoms with Crippen LogP contribution >= 0.6 is 0 Å². The van der Waals surface area contributed by atoms with E-state index >= 15 is 0 Å². The van der Waals surface area contributed by atoms with Crippen LogP contribution in [0.15, 0.2) is 54.6 Å². The van der Waals surface area contributed by atoms with Gasteiger partial charge in [-0.25, -0.2) is 0 Å². The van der Waals surface area contributed by atoms with Crippen LogP contribution in [-0.2, 0) is 0 Å². The van der Waals surface area contributed by atoms with E-state index in [1.165, 1.54) is 36.0 Å². The first-order valence-electron chi connectivity index (χ1n) is 8.26. The molecular weight excluding hydrogens is 254 g/mol. The summed E-state index contributed by atoms with van der Waals surface area (Å²) in [5, 5.41) is 3.70. The molecule has 3 rings (SSSR count). The molecule has 1 nitrogen and oxygen atoms in total. The monoisotopic (exact) mass is 279 g/mol. The third-order valence-electron chi connectivity index (χ3n) is 4.55. The van der Waals surface area contributed by atoms with Crippen LogP contribution in [-0.4, -0.2) is 6.54 Å². The average molecular weight is 279 g/mol. The van der Waals surface area contributed by atoms with Gasteiger partial charge < -0.3 is 5.32 Å². The summed E-state index contributed by atoms with van der Waals surface area (Å²) in [6.07, 6.45) is 5.28. The van der Waals surface area contributed by atoms with Crippen molar-refractivity contribution in [1.82, 2.24) is 5.32 Å². The van der Waals surface area contributed by atoms with E-state index in [-0.39, 0.29) is 0 Å². The molecule has 0 spiro atoms. The van der Waals surface area contributed by atoms with Gasteiger partial charge in [-0.3, -0.25) is 0 Å². The Morgan fingerprint density at radius 1 is 1.00 bits per heavy atom. The summed E-state index contributed by atoms with van der Waals surface area (Å²) >= 11 is 0. The van der Waals surface area contributed by atoms with Crippen LogP contribution in [0.3, 0.4) is 0 Å². The molecule has 1 saturated carbocycles. The highest BCUT2D eigenvalue weighted by Crippen LogP contribution is 2.37. The predicted molar refractivity (Wildman–Crippen MR) is 89.6 cm³/mol. The van der Waals surface area contributed by atoms with Crippen molar-refractivity contribution in [2.24, 2.45) is 0 Å². The summed E-state index contributed by atoms with van der Waals surface area (Å²) < 4.78 is 0. The van der Waals surface area contributed by atoms with E-state index in [1.807, 2.05) is 0 Å². The lowest BCUT2D eigenvalue weighted by Gasteiger charge is -2.27. The van der Waals surface area contributed by atoms with Crippen LogP contribution in [0.4, 0.5) is 0 Å². The minimum absolute atomic E-state index is 0.311. The van der Waals surface area contributed by atoms with Crippen LogP contribution in [0.2, 0.25) is 0 Å². The van der Waals surface area contributed by atoms with Crippen molar-refractivity contribution in [2.45, 2.75) is 44.6 Å². The minimum atomic E-state index is 0.311. The van der Waals surface area contributed by atoms with E-state index in [4.69, 9.17) is 0 Å². The molecule has 1 aliphatic rings. The molecule has 0 heterocycles. The maximum Gasteiger partial charge on any atom is 0.0576 e. The largest absolute Gasteiger partial charge is 0.306 e. The molecule has 0 bridgehead atoms. The minimum Gasteiger partial charge on any atom is -0.306 e. The van der Waals surface area contributed by atoms with Crippen LogP contribution in [0.5, 0.6) is 0 Å². The van der Waals surface area contributed by atoms with E-state index < -0.39 is 0 Å². The number of hydrogen-bond donors (Lipinski definition) is 1. The molecule has 2 aromatic rings. The summed E-state index contributed by atoms with van der Waals surface area (Å²) in [7, 11) is 0. The van der Waals surface area contributed by atoms with Gasteiger partial charge in [0.15, 0.2) is 0 Å². The lowest BCUT2D eigenvalue weighted by molar-refractivity contribution is 0.419. The van der Waals surface area contributed by atoms with E-state index in [1.54, 1.807) is 0 Å². The van der Waals surface area contributed by atoms with Crippen molar-refractivity contribution >= 4 is 0 Å². The lowest BCUT2D eigenvalue weighted by atomic mass is 9.79. The standard InChI is InChI=1S/C20H25N/c1-2-14-21-20(17-8-4-3-5-9-17)19-13-7-12-18(15-19)16-10-6-11-16/h3-5,7-9,12-13,15-16,20-21H,2,6,10-11,14H2,1H3. The highest BCUT2D eigenvalue weighted by Gasteiger charge is 2.21. The molecule has 1 N–H and O–H groups in total. The number of hydrogen-bond acceptors (Lipinski definition) is 1. The maximum absolute atomic E-state index is 3.70. The van der Waals surface area contributed by atoms with Crippen molar-refractivity contribution in [3.8, 4) is 0 Å². The second-order valence-electron chi connectivity index (χ2n) is 6.10. The van der Waals surface area contributed by atoms with E-state index in [9.17, 15) is 0 Å². The number of nitrogens with one attached hydrogen (secondary N) is 1. The zero-order chi connectivity index (χ0) is 14.5. The molecule has 1 atom stereocenters. The Morgan fingerprint density at radius 3 is 2.43 bits per heavy atom. The van der Waals surface area contributed by atoms with Crippen molar-refractivity contribution in [2.75, 3.05) is 6.54 Å². The van der Waals surface area contributed by atoms with Gasteiger partial charge in [0.05, 0.1) is 6.04 Å². The molecular formula is C20H25N. The Hall–Kier alpha value is -1.60.